The molecule has 0 amide bonds. The summed E-state index contributed by atoms with van der Waals surface area (Å²) in [5.74, 6) is 5.73. The number of benzene rings is 3. The summed E-state index contributed by atoms with van der Waals surface area (Å²) in [7, 11) is 0. The highest BCUT2D eigenvalue weighted by atomic mass is 16.5. The van der Waals surface area contributed by atoms with E-state index in [0.29, 0.717) is 0 Å². The van der Waals surface area contributed by atoms with E-state index in [-0.39, 0.29) is 5.41 Å². The minimum absolute atomic E-state index is 0.249. The predicted molar refractivity (Wildman–Crippen MR) is 129 cm³/mol. The third-order valence-corrected chi connectivity index (χ3v) is 5.71. The van der Waals surface area contributed by atoms with Crippen LogP contribution in [-0.2, 0) is 11.8 Å². The van der Waals surface area contributed by atoms with E-state index in [4.69, 9.17) is 15.9 Å². The zero-order valence-electron chi connectivity index (χ0n) is 18.6. The van der Waals surface area contributed by atoms with Gasteiger partial charge in [0, 0.05) is 0 Å². The lowest BCUT2D eigenvalue weighted by Gasteiger charge is -2.28. The largest absolute Gasteiger partial charge is 0.494 e. The molecule has 0 aromatic heterocycles. The van der Waals surface area contributed by atoms with Crippen LogP contribution in [0.5, 0.6) is 17.2 Å². The second-order valence-corrected chi connectivity index (χ2v) is 7.87. The van der Waals surface area contributed by atoms with Crippen molar-refractivity contribution in [1.29, 1.82) is 0 Å². The van der Waals surface area contributed by atoms with Crippen molar-refractivity contribution in [2.75, 3.05) is 6.61 Å². The molecule has 0 radical (unpaired) electrons. The number of aryl methyl sites for hydroxylation is 1. The van der Waals surface area contributed by atoms with Crippen LogP contribution in [0.15, 0.2) is 78.9 Å². The van der Waals surface area contributed by atoms with Gasteiger partial charge in [0.05, 0.1) is 12.0 Å². The van der Waals surface area contributed by atoms with E-state index < -0.39 is 0 Å². The fourth-order valence-corrected chi connectivity index (χ4v) is 3.86. The summed E-state index contributed by atoms with van der Waals surface area (Å²) in [5, 5.41) is 0. The molecule has 0 heterocycles. The first kappa shape index (κ1) is 22.5. The van der Waals surface area contributed by atoms with E-state index in [0.717, 1.165) is 56.0 Å². The van der Waals surface area contributed by atoms with E-state index in [1.54, 1.807) is 0 Å². The Morgan fingerprint density at radius 1 is 0.839 bits per heavy atom. The number of hydrogen-bond donors (Lipinski definition) is 0. The summed E-state index contributed by atoms with van der Waals surface area (Å²) < 4.78 is 11.7. The number of ether oxygens (including phenoxy) is 2. The van der Waals surface area contributed by atoms with Crippen molar-refractivity contribution < 1.29 is 9.47 Å². The minimum atomic E-state index is -0.249. The zero-order chi connectivity index (χ0) is 21.9. The van der Waals surface area contributed by atoms with Crippen LogP contribution in [0.25, 0.3) is 0 Å². The molecule has 0 bridgehead atoms. The van der Waals surface area contributed by atoms with E-state index in [9.17, 15) is 0 Å². The van der Waals surface area contributed by atoms with Crippen molar-refractivity contribution in [3.8, 4) is 29.6 Å². The van der Waals surface area contributed by atoms with Gasteiger partial charge in [-0.05, 0) is 79.6 Å². The van der Waals surface area contributed by atoms with Crippen LogP contribution in [0.4, 0.5) is 0 Å². The molecule has 160 valence electrons. The average Bonchev–Trinajstić information content (AvgIpc) is 2.82. The van der Waals surface area contributed by atoms with Gasteiger partial charge in [0.25, 0.3) is 0 Å². The molecule has 0 aliphatic heterocycles. The summed E-state index contributed by atoms with van der Waals surface area (Å²) >= 11 is 0. The molecule has 3 aromatic carbocycles. The van der Waals surface area contributed by atoms with Crippen LogP contribution in [-0.4, -0.2) is 6.61 Å². The zero-order valence-corrected chi connectivity index (χ0v) is 18.6. The number of hydrogen-bond acceptors (Lipinski definition) is 2. The van der Waals surface area contributed by atoms with Gasteiger partial charge in [-0.15, -0.1) is 6.42 Å². The maximum atomic E-state index is 6.06. The molecule has 1 unspecified atom stereocenters. The molecule has 1 atom stereocenters. The molecule has 0 N–H and O–H groups in total. The van der Waals surface area contributed by atoms with Gasteiger partial charge in [-0.2, -0.15) is 0 Å². The Balaban J connectivity index is 1.63. The third-order valence-electron chi connectivity index (χ3n) is 5.71. The van der Waals surface area contributed by atoms with E-state index in [1.807, 2.05) is 48.5 Å². The highest BCUT2D eigenvalue weighted by Gasteiger charge is 2.27. The Hall–Kier alpha value is -3.18. The summed E-state index contributed by atoms with van der Waals surface area (Å²) in [4.78, 5) is 0. The van der Waals surface area contributed by atoms with Crippen LogP contribution in [0.3, 0.4) is 0 Å². The maximum absolute atomic E-state index is 6.06. The normalized spacial score (nSPS) is 12.5. The smallest absolute Gasteiger partial charge is 0.127 e. The van der Waals surface area contributed by atoms with Crippen LogP contribution in [0, 0.1) is 12.3 Å². The molecular formula is C29H32O2. The Bertz CT molecular complexity index is 970. The van der Waals surface area contributed by atoms with E-state index >= 15 is 0 Å². The molecule has 2 heteroatoms. The lowest BCUT2D eigenvalue weighted by atomic mass is 9.75. The van der Waals surface area contributed by atoms with Gasteiger partial charge < -0.3 is 9.47 Å². The Labute approximate surface area is 187 Å². The molecule has 0 saturated heterocycles. The molecule has 31 heavy (non-hydrogen) atoms. The molecule has 3 rings (SSSR count). The molecular weight excluding hydrogens is 380 g/mol. The number of para-hydroxylation sites is 1. The van der Waals surface area contributed by atoms with Crippen molar-refractivity contribution in [2.45, 2.75) is 51.4 Å². The van der Waals surface area contributed by atoms with Gasteiger partial charge in [-0.25, -0.2) is 0 Å². The number of rotatable bonds is 11. The quantitative estimate of drug-likeness (QED) is 0.302. The fraction of sp³-hybridized carbons (Fsp3) is 0.310. The first-order chi connectivity index (χ1) is 15.2. The maximum Gasteiger partial charge on any atom is 0.127 e. The topological polar surface area (TPSA) is 18.5 Å². The Morgan fingerprint density at radius 3 is 2.26 bits per heavy atom. The minimum Gasteiger partial charge on any atom is -0.494 e. The Kier molecular flexibility index (Phi) is 8.19. The first-order valence-corrected chi connectivity index (χ1v) is 11.2. The second kappa shape index (κ2) is 11.3. The van der Waals surface area contributed by atoms with Gasteiger partial charge in [0.2, 0.25) is 0 Å². The van der Waals surface area contributed by atoms with Crippen molar-refractivity contribution in [2.24, 2.45) is 0 Å². The first-order valence-electron chi connectivity index (χ1n) is 11.2. The summed E-state index contributed by atoms with van der Waals surface area (Å²) in [6.45, 7) is 5.02. The van der Waals surface area contributed by atoms with Gasteiger partial charge in [0.15, 0.2) is 0 Å². The van der Waals surface area contributed by atoms with Gasteiger partial charge in [-0.1, -0.05) is 62.2 Å². The van der Waals surface area contributed by atoms with Crippen molar-refractivity contribution >= 4 is 0 Å². The summed E-state index contributed by atoms with van der Waals surface area (Å²) in [6, 6.07) is 26.5. The van der Waals surface area contributed by atoms with Gasteiger partial charge >= 0.3 is 0 Å². The van der Waals surface area contributed by atoms with E-state index in [2.05, 4.69) is 50.1 Å². The third kappa shape index (κ3) is 6.15. The van der Waals surface area contributed by atoms with E-state index in [1.165, 1.54) is 11.1 Å². The van der Waals surface area contributed by atoms with Crippen LogP contribution < -0.4 is 9.47 Å². The van der Waals surface area contributed by atoms with Crippen molar-refractivity contribution in [3.63, 3.8) is 0 Å². The average molecular weight is 413 g/mol. The SMILES string of the molecule is C#CC(CC)(CCCc1cccc(Oc2ccccc2)c1)c1ccc(OCCC)cc1. The summed E-state index contributed by atoms with van der Waals surface area (Å²) in [5.41, 5.74) is 2.21. The molecule has 0 fully saturated rings. The fourth-order valence-electron chi connectivity index (χ4n) is 3.86. The molecule has 2 nitrogen and oxygen atoms in total. The van der Waals surface area contributed by atoms with Gasteiger partial charge in [0.1, 0.15) is 17.2 Å². The highest BCUT2D eigenvalue weighted by molar-refractivity contribution is 5.38. The molecule has 0 aliphatic carbocycles. The van der Waals surface area contributed by atoms with Crippen LogP contribution >= 0.6 is 0 Å². The monoisotopic (exact) mass is 412 g/mol. The number of terminal acetylenes is 1. The standard InChI is InChI=1S/C29H32O2/c1-4-22-30-26-19-17-25(18-20-26)29(5-2,6-3)21-11-13-24-12-10-16-28(23-24)31-27-14-8-7-9-15-27/h2,7-10,12,14-20,23H,4,6,11,13,21-22H2,1,3H3. The second-order valence-electron chi connectivity index (χ2n) is 7.87. The highest BCUT2D eigenvalue weighted by Crippen LogP contribution is 2.34. The predicted octanol–water partition coefficient (Wildman–Crippen LogP) is 7.57. The van der Waals surface area contributed by atoms with Crippen molar-refractivity contribution in [1.82, 2.24) is 0 Å². The summed E-state index contributed by atoms with van der Waals surface area (Å²) in [6.07, 6.45) is 10.9. The van der Waals surface area contributed by atoms with Crippen LogP contribution in [0.1, 0.15) is 50.7 Å². The van der Waals surface area contributed by atoms with Crippen LogP contribution in [0.2, 0.25) is 0 Å². The molecule has 0 spiro atoms. The van der Waals surface area contributed by atoms with Gasteiger partial charge in [-0.3, -0.25) is 0 Å². The lowest BCUT2D eigenvalue weighted by molar-refractivity contribution is 0.317. The molecule has 0 saturated carbocycles. The molecule has 3 aromatic rings. The Morgan fingerprint density at radius 2 is 1.58 bits per heavy atom. The lowest BCUT2D eigenvalue weighted by Crippen LogP contribution is -2.23. The molecule has 0 aliphatic rings. The van der Waals surface area contributed by atoms with Crippen molar-refractivity contribution in [3.05, 3.63) is 90.0 Å².